The van der Waals surface area contributed by atoms with E-state index in [-0.39, 0.29) is 5.82 Å². The predicted molar refractivity (Wildman–Crippen MR) is 64.9 cm³/mol. The number of hydrogen-bond acceptors (Lipinski definition) is 1. The van der Waals surface area contributed by atoms with Gasteiger partial charge in [-0.1, -0.05) is 19.1 Å². The molecule has 1 aliphatic rings. The minimum absolute atomic E-state index is 0.145. The average Bonchev–Trinajstić information content (AvgIpc) is 3.11. The molecule has 0 heterocycles. The molecule has 0 amide bonds. The third kappa shape index (κ3) is 3.31. The molecule has 0 radical (unpaired) electrons. The van der Waals surface area contributed by atoms with E-state index in [0.717, 1.165) is 18.9 Å². The van der Waals surface area contributed by atoms with E-state index in [1.807, 2.05) is 12.1 Å². The summed E-state index contributed by atoms with van der Waals surface area (Å²) in [7, 11) is 0. The summed E-state index contributed by atoms with van der Waals surface area (Å²) in [5.41, 5.74) is 1.24. The van der Waals surface area contributed by atoms with Gasteiger partial charge in [0.05, 0.1) is 0 Å². The van der Waals surface area contributed by atoms with Crippen molar-refractivity contribution in [3.8, 4) is 0 Å². The molecule has 2 heteroatoms. The zero-order valence-corrected chi connectivity index (χ0v) is 9.88. The number of hydrogen-bond donors (Lipinski definition) is 1. The van der Waals surface area contributed by atoms with Crippen LogP contribution in [-0.4, -0.2) is 12.6 Å². The molecule has 16 heavy (non-hydrogen) atoms. The van der Waals surface area contributed by atoms with Crippen LogP contribution < -0.4 is 5.32 Å². The lowest BCUT2D eigenvalue weighted by molar-refractivity contribution is 0.459. The SMILES string of the molecule is CCCNC(Cc1ccc(F)cc1)C1CC1. The zero-order chi connectivity index (χ0) is 11.4. The summed E-state index contributed by atoms with van der Waals surface area (Å²) in [5, 5.41) is 3.60. The van der Waals surface area contributed by atoms with Gasteiger partial charge in [0, 0.05) is 6.04 Å². The number of benzene rings is 1. The van der Waals surface area contributed by atoms with Crippen molar-refractivity contribution in [2.24, 2.45) is 5.92 Å². The molecule has 0 saturated heterocycles. The highest BCUT2D eigenvalue weighted by Gasteiger charge is 2.30. The predicted octanol–water partition coefficient (Wildman–Crippen LogP) is 3.15. The quantitative estimate of drug-likeness (QED) is 0.778. The van der Waals surface area contributed by atoms with Gasteiger partial charge in [0.25, 0.3) is 0 Å². The van der Waals surface area contributed by atoms with E-state index in [1.54, 1.807) is 12.1 Å². The number of rotatable bonds is 6. The van der Waals surface area contributed by atoms with Gasteiger partial charge in [-0.3, -0.25) is 0 Å². The standard InChI is InChI=1S/C14H20FN/c1-2-9-16-14(12-5-6-12)10-11-3-7-13(15)8-4-11/h3-4,7-8,12,14,16H,2,5-6,9-10H2,1H3. The van der Waals surface area contributed by atoms with Crippen LogP contribution in [-0.2, 0) is 6.42 Å². The van der Waals surface area contributed by atoms with Crippen LogP contribution >= 0.6 is 0 Å². The molecule has 1 aliphatic carbocycles. The second-order valence-corrected chi connectivity index (χ2v) is 4.73. The molecule has 1 nitrogen and oxygen atoms in total. The molecule has 1 fully saturated rings. The van der Waals surface area contributed by atoms with Gasteiger partial charge in [-0.15, -0.1) is 0 Å². The van der Waals surface area contributed by atoms with Crippen LogP contribution in [0.5, 0.6) is 0 Å². The third-order valence-electron chi connectivity index (χ3n) is 3.22. The fraction of sp³-hybridized carbons (Fsp3) is 0.571. The number of halogens is 1. The Morgan fingerprint density at radius 2 is 2.00 bits per heavy atom. The first-order valence-electron chi connectivity index (χ1n) is 6.27. The summed E-state index contributed by atoms with van der Waals surface area (Å²) in [6, 6.07) is 7.50. The second kappa shape index (κ2) is 5.44. The van der Waals surface area contributed by atoms with E-state index < -0.39 is 0 Å². The molecular weight excluding hydrogens is 201 g/mol. The second-order valence-electron chi connectivity index (χ2n) is 4.73. The Balaban J connectivity index is 1.91. The summed E-state index contributed by atoms with van der Waals surface area (Å²) in [6.45, 7) is 3.28. The molecule has 0 aliphatic heterocycles. The summed E-state index contributed by atoms with van der Waals surface area (Å²) in [5.74, 6) is 0.699. The molecule has 0 bridgehead atoms. The van der Waals surface area contributed by atoms with Gasteiger partial charge >= 0.3 is 0 Å². The Kier molecular flexibility index (Phi) is 3.94. The fourth-order valence-corrected chi connectivity index (χ4v) is 2.11. The van der Waals surface area contributed by atoms with Gasteiger partial charge < -0.3 is 5.32 Å². The van der Waals surface area contributed by atoms with Crippen LogP contribution in [0.25, 0.3) is 0 Å². The first-order valence-corrected chi connectivity index (χ1v) is 6.27. The summed E-state index contributed by atoms with van der Waals surface area (Å²) in [4.78, 5) is 0. The Hall–Kier alpha value is -0.890. The molecule has 1 unspecified atom stereocenters. The third-order valence-corrected chi connectivity index (χ3v) is 3.22. The van der Waals surface area contributed by atoms with Crippen molar-refractivity contribution in [3.05, 3.63) is 35.6 Å². The molecule has 0 spiro atoms. The maximum Gasteiger partial charge on any atom is 0.123 e. The molecule has 2 rings (SSSR count). The van der Waals surface area contributed by atoms with Crippen molar-refractivity contribution in [2.75, 3.05) is 6.54 Å². The molecule has 1 aromatic rings. The Morgan fingerprint density at radius 1 is 1.31 bits per heavy atom. The monoisotopic (exact) mass is 221 g/mol. The van der Waals surface area contributed by atoms with E-state index in [2.05, 4.69) is 12.2 Å². The van der Waals surface area contributed by atoms with Crippen LogP contribution in [0.4, 0.5) is 4.39 Å². The topological polar surface area (TPSA) is 12.0 Å². The Morgan fingerprint density at radius 3 is 2.56 bits per heavy atom. The average molecular weight is 221 g/mol. The molecule has 88 valence electrons. The van der Waals surface area contributed by atoms with Crippen molar-refractivity contribution in [3.63, 3.8) is 0 Å². The van der Waals surface area contributed by atoms with Crippen molar-refractivity contribution in [1.82, 2.24) is 5.32 Å². The largest absolute Gasteiger partial charge is 0.313 e. The van der Waals surface area contributed by atoms with E-state index in [1.165, 1.54) is 24.8 Å². The van der Waals surface area contributed by atoms with E-state index in [0.29, 0.717) is 6.04 Å². The van der Waals surface area contributed by atoms with Crippen molar-refractivity contribution in [1.29, 1.82) is 0 Å². The Labute approximate surface area is 97.1 Å². The molecule has 1 atom stereocenters. The van der Waals surface area contributed by atoms with Crippen LogP contribution in [0.15, 0.2) is 24.3 Å². The van der Waals surface area contributed by atoms with Gasteiger partial charge in [-0.2, -0.15) is 0 Å². The summed E-state index contributed by atoms with van der Waals surface area (Å²) in [6.07, 6.45) is 4.91. The smallest absolute Gasteiger partial charge is 0.123 e. The fourth-order valence-electron chi connectivity index (χ4n) is 2.11. The highest BCUT2D eigenvalue weighted by molar-refractivity contribution is 5.17. The Bertz CT molecular complexity index is 316. The van der Waals surface area contributed by atoms with Gasteiger partial charge in [0.2, 0.25) is 0 Å². The maximum atomic E-state index is 12.8. The van der Waals surface area contributed by atoms with E-state index in [4.69, 9.17) is 0 Å². The minimum Gasteiger partial charge on any atom is -0.313 e. The lowest BCUT2D eigenvalue weighted by Gasteiger charge is -2.17. The molecule has 1 N–H and O–H groups in total. The highest BCUT2D eigenvalue weighted by atomic mass is 19.1. The zero-order valence-electron chi connectivity index (χ0n) is 9.88. The molecule has 1 aromatic carbocycles. The van der Waals surface area contributed by atoms with Gasteiger partial charge in [0.1, 0.15) is 5.82 Å². The van der Waals surface area contributed by atoms with Crippen LogP contribution in [0.3, 0.4) is 0 Å². The molecule has 0 aromatic heterocycles. The van der Waals surface area contributed by atoms with Crippen molar-refractivity contribution in [2.45, 2.75) is 38.6 Å². The summed E-state index contributed by atoms with van der Waals surface area (Å²) < 4.78 is 12.8. The van der Waals surface area contributed by atoms with Crippen LogP contribution in [0.1, 0.15) is 31.7 Å². The van der Waals surface area contributed by atoms with Crippen molar-refractivity contribution < 1.29 is 4.39 Å². The molecular formula is C14H20FN. The highest BCUT2D eigenvalue weighted by Crippen LogP contribution is 2.34. The van der Waals surface area contributed by atoms with Crippen LogP contribution in [0, 0.1) is 11.7 Å². The van der Waals surface area contributed by atoms with Gasteiger partial charge in [0.15, 0.2) is 0 Å². The van der Waals surface area contributed by atoms with Crippen molar-refractivity contribution >= 4 is 0 Å². The number of nitrogens with one attached hydrogen (secondary N) is 1. The first-order chi connectivity index (χ1) is 7.79. The first kappa shape index (κ1) is 11.6. The molecule has 1 saturated carbocycles. The lowest BCUT2D eigenvalue weighted by Crippen LogP contribution is -2.33. The van der Waals surface area contributed by atoms with E-state index in [9.17, 15) is 4.39 Å². The lowest BCUT2D eigenvalue weighted by atomic mass is 10.0. The maximum absolute atomic E-state index is 12.8. The summed E-state index contributed by atoms with van der Waals surface area (Å²) >= 11 is 0. The van der Waals surface area contributed by atoms with Crippen LogP contribution in [0.2, 0.25) is 0 Å². The van der Waals surface area contributed by atoms with E-state index >= 15 is 0 Å². The van der Waals surface area contributed by atoms with Gasteiger partial charge in [-0.25, -0.2) is 4.39 Å². The van der Waals surface area contributed by atoms with Gasteiger partial charge in [-0.05, 0) is 55.8 Å². The normalized spacial score (nSPS) is 17.4. The minimum atomic E-state index is -0.145.